The van der Waals surface area contributed by atoms with Crippen LogP contribution in [0.3, 0.4) is 0 Å². The van der Waals surface area contributed by atoms with Gasteiger partial charge in [0.05, 0.1) is 31.1 Å². The molecule has 0 unspecified atom stereocenters. The van der Waals surface area contributed by atoms with Gasteiger partial charge in [-0.1, -0.05) is 13.0 Å². The molecular formula is C20H31N4O4S+. The van der Waals surface area contributed by atoms with E-state index < -0.39 is 10.0 Å². The van der Waals surface area contributed by atoms with E-state index in [1.807, 2.05) is 6.92 Å². The summed E-state index contributed by atoms with van der Waals surface area (Å²) in [4.78, 5) is 27.9. The Balaban J connectivity index is 1.60. The van der Waals surface area contributed by atoms with Gasteiger partial charge in [0, 0.05) is 25.2 Å². The first-order chi connectivity index (χ1) is 13.9. The van der Waals surface area contributed by atoms with E-state index in [1.165, 1.54) is 10.4 Å². The van der Waals surface area contributed by atoms with Crippen LogP contribution in [0.25, 0.3) is 0 Å². The van der Waals surface area contributed by atoms with Crippen LogP contribution in [0.5, 0.6) is 0 Å². The number of sulfonamides is 1. The predicted molar refractivity (Wildman–Crippen MR) is 109 cm³/mol. The zero-order valence-corrected chi connectivity index (χ0v) is 17.8. The van der Waals surface area contributed by atoms with Crippen LogP contribution in [-0.2, 0) is 14.8 Å². The summed E-state index contributed by atoms with van der Waals surface area (Å²) < 4.78 is 27.0. The van der Waals surface area contributed by atoms with Crippen LogP contribution >= 0.6 is 0 Å². The Labute approximate surface area is 172 Å². The topological polar surface area (TPSA) is 91.2 Å². The van der Waals surface area contributed by atoms with Crippen LogP contribution in [0.2, 0.25) is 0 Å². The molecule has 0 atom stereocenters. The molecule has 0 aliphatic carbocycles. The number of hydrogen-bond donors (Lipinski definition) is 2. The lowest BCUT2D eigenvalue weighted by atomic mass is 10.2. The van der Waals surface area contributed by atoms with Gasteiger partial charge >= 0.3 is 0 Å². The summed E-state index contributed by atoms with van der Waals surface area (Å²) in [6.07, 6.45) is 2.66. The summed E-state index contributed by atoms with van der Waals surface area (Å²) in [6, 6.07) is 6.35. The lowest BCUT2D eigenvalue weighted by Gasteiger charge is -2.32. The minimum absolute atomic E-state index is 0.0430. The molecule has 2 heterocycles. The second-order valence-electron chi connectivity index (χ2n) is 7.71. The first-order valence-electron chi connectivity index (χ1n) is 10.4. The van der Waals surface area contributed by atoms with Gasteiger partial charge in [-0.05, 0) is 37.5 Å². The standard InChI is InChI=1S/C20H30N4O4S/c1-2-8-21-19(25)16-22-11-13-23(14-12-22)20(26)17-6-5-7-18(15-17)29(27,28)24-9-3-4-10-24/h5-7,15H,2-4,8-14,16H2,1H3,(H,21,25)/p+1. The molecule has 160 valence electrons. The number of benzene rings is 1. The molecule has 0 aromatic heterocycles. The van der Waals surface area contributed by atoms with E-state index in [2.05, 4.69) is 5.32 Å². The molecule has 1 aromatic carbocycles. The van der Waals surface area contributed by atoms with Crippen LogP contribution in [-0.4, -0.2) is 81.8 Å². The van der Waals surface area contributed by atoms with Gasteiger partial charge in [-0.25, -0.2) is 8.42 Å². The van der Waals surface area contributed by atoms with Crippen molar-refractivity contribution < 1.29 is 22.9 Å². The van der Waals surface area contributed by atoms with Crippen molar-refractivity contribution >= 4 is 21.8 Å². The summed E-state index contributed by atoms with van der Waals surface area (Å²) in [5, 5.41) is 2.88. The fraction of sp³-hybridized carbons (Fsp3) is 0.600. The Morgan fingerprint density at radius 3 is 2.45 bits per heavy atom. The SMILES string of the molecule is CCCNC(=O)C[NH+]1CCN(C(=O)c2cccc(S(=O)(=O)N3CCCC3)c2)CC1. The number of rotatable bonds is 7. The molecule has 3 rings (SSSR count). The molecule has 2 aliphatic rings. The molecule has 29 heavy (non-hydrogen) atoms. The molecular weight excluding hydrogens is 392 g/mol. The second kappa shape index (κ2) is 9.69. The summed E-state index contributed by atoms with van der Waals surface area (Å²) in [6.45, 7) is 6.72. The number of quaternary nitrogens is 1. The molecule has 0 spiro atoms. The molecule has 2 N–H and O–H groups in total. The Bertz CT molecular complexity index is 829. The summed E-state index contributed by atoms with van der Waals surface area (Å²) >= 11 is 0. The monoisotopic (exact) mass is 423 g/mol. The number of carbonyl (C=O) groups is 2. The van der Waals surface area contributed by atoms with E-state index in [1.54, 1.807) is 23.1 Å². The average Bonchev–Trinajstić information content (AvgIpc) is 3.28. The number of carbonyl (C=O) groups excluding carboxylic acids is 2. The molecule has 0 saturated carbocycles. The minimum Gasteiger partial charge on any atom is -0.351 e. The molecule has 2 saturated heterocycles. The molecule has 0 bridgehead atoms. The van der Waals surface area contributed by atoms with Crippen molar-refractivity contribution in [3.63, 3.8) is 0 Å². The third kappa shape index (κ3) is 5.34. The number of nitrogens with one attached hydrogen (secondary N) is 2. The normalized spacial score (nSPS) is 18.7. The van der Waals surface area contributed by atoms with Gasteiger partial charge in [0.1, 0.15) is 0 Å². The highest BCUT2D eigenvalue weighted by Gasteiger charge is 2.29. The highest BCUT2D eigenvalue weighted by molar-refractivity contribution is 7.89. The zero-order chi connectivity index (χ0) is 20.9. The maximum absolute atomic E-state index is 12.9. The van der Waals surface area contributed by atoms with Crippen molar-refractivity contribution in [2.75, 3.05) is 52.4 Å². The Morgan fingerprint density at radius 2 is 1.79 bits per heavy atom. The molecule has 8 nitrogen and oxygen atoms in total. The van der Waals surface area contributed by atoms with Gasteiger partial charge in [0.15, 0.2) is 6.54 Å². The Morgan fingerprint density at radius 1 is 1.10 bits per heavy atom. The van der Waals surface area contributed by atoms with Gasteiger partial charge < -0.3 is 15.1 Å². The van der Waals surface area contributed by atoms with Crippen molar-refractivity contribution in [2.24, 2.45) is 0 Å². The lowest BCUT2D eigenvalue weighted by Crippen LogP contribution is -3.15. The van der Waals surface area contributed by atoms with Gasteiger partial charge in [-0.15, -0.1) is 0 Å². The van der Waals surface area contributed by atoms with Crippen LogP contribution < -0.4 is 10.2 Å². The molecule has 2 aliphatic heterocycles. The smallest absolute Gasteiger partial charge is 0.275 e. The maximum Gasteiger partial charge on any atom is 0.275 e. The van der Waals surface area contributed by atoms with Crippen molar-refractivity contribution in [2.45, 2.75) is 31.1 Å². The van der Waals surface area contributed by atoms with Crippen molar-refractivity contribution in [3.05, 3.63) is 29.8 Å². The number of nitrogens with zero attached hydrogens (tertiary/aromatic N) is 2. The van der Waals surface area contributed by atoms with E-state index in [9.17, 15) is 18.0 Å². The van der Waals surface area contributed by atoms with E-state index in [0.717, 1.165) is 24.2 Å². The van der Waals surface area contributed by atoms with E-state index in [0.29, 0.717) is 57.9 Å². The first kappa shape index (κ1) is 21.7. The van der Waals surface area contributed by atoms with Crippen molar-refractivity contribution in [1.29, 1.82) is 0 Å². The summed E-state index contributed by atoms with van der Waals surface area (Å²) in [5.41, 5.74) is 0.398. The molecule has 2 fully saturated rings. The van der Waals surface area contributed by atoms with Crippen LogP contribution in [0.1, 0.15) is 36.5 Å². The first-order valence-corrected chi connectivity index (χ1v) is 11.9. The zero-order valence-electron chi connectivity index (χ0n) is 17.0. The fourth-order valence-corrected chi connectivity index (χ4v) is 5.37. The third-order valence-corrected chi connectivity index (χ3v) is 7.42. The third-order valence-electron chi connectivity index (χ3n) is 5.52. The maximum atomic E-state index is 12.9. The minimum atomic E-state index is -3.54. The number of piperazine rings is 1. The highest BCUT2D eigenvalue weighted by Crippen LogP contribution is 2.22. The molecule has 1 aromatic rings. The Hall–Kier alpha value is -1.97. The van der Waals surface area contributed by atoms with Crippen LogP contribution in [0, 0.1) is 0 Å². The van der Waals surface area contributed by atoms with Crippen molar-refractivity contribution in [3.8, 4) is 0 Å². The van der Waals surface area contributed by atoms with E-state index >= 15 is 0 Å². The van der Waals surface area contributed by atoms with E-state index in [4.69, 9.17) is 0 Å². The highest BCUT2D eigenvalue weighted by atomic mass is 32.2. The summed E-state index contributed by atoms with van der Waals surface area (Å²) in [5.74, 6) is -0.112. The number of hydrogen-bond acceptors (Lipinski definition) is 4. The van der Waals surface area contributed by atoms with Crippen LogP contribution in [0.4, 0.5) is 0 Å². The predicted octanol–water partition coefficient (Wildman–Crippen LogP) is -0.662. The quantitative estimate of drug-likeness (QED) is 0.609. The van der Waals surface area contributed by atoms with Gasteiger partial charge in [-0.3, -0.25) is 9.59 Å². The van der Waals surface area contributed by atoms with Gasteiger partial charge in [0.2, 0.25) is 10.0 Å². The van der Waals surface area contributed by atoms with E-state index in [-0.39, 0.29) is 16.7 Å². The average molecular weight is 424 g/mol. The molecule has 9 heteroatoms. The molecule has 0 radical (unpaired) electrons. The van der Waals surface area contributed by atoms with Crippen LogP contribution in [0.15, 0.2) is 29.2 Å². The summed E-state index contributed by atoms with van der Waals surface area (Å²) in [7, 11) is -3.54. The number of amides is 2. The molecule has 2 amide bonds. The largest absolute Gasteiger partial charge is 0.351 e. The van der Waals surface area contributed by atoms with Gasteiger partial charge in [-0.2, -0.15) is 4.31 Å². The van der Waals surface area contributed by atoms with Gasteiger partial charge in [0.25, 0.3) is 11.8 Å². The lowest BCUT2D eigenvalue weighted by molar-refractivity contribution is -0.896. The van der Waals surface area contributed by atoms with Crippen molar-refractivity contribution in [1.82, 2.24) is 14.5 Å². The fourth-order valence-electron chi connectivity index (χ4n) is 3.81. The second-order valence-corrected chi connectivity index (χ2v) is 9.65. The Kier molecular flexibility index (Phi) is 7.26.